The number of nitrogens with zero attached hydrogens (tertiary/aromatic N) is 3. The van der Waals surface area contributed by atoms with Crippen molar-refractivity contribution in [2.45, 2.75) is 38.1 Å². The second-order valence-corrected chi connectivity index (χ2v) is 8.06. The molecular formula is C24H26N4O. The highest BCUT2D eigenvalue weighted by Gasteiger charge is 2.26. The zero-order valence-electron chi connectivity index (χ0n) is 16.6. The van der Waals surface area contributed by atoms with Crippen molar-refractivity contribution in [3.63, 3.8) is 0 Å². The number of anilines is 1. The molecule has 1 saturated carbocycles. The maximum absolute atomic E-state index is 12.8. The molecule has 0 saturated heterocycles. The van der Waals surface area contributed by atoms with Gasteiger partial charge in [-0.1, -0.05) is 18.6 Å². The monoisotopic (exact) mass is 386 g/mol. The molecule has 5 rings (SSSR count). The van der Waals surface area contributed by atoms with Gasteiger partial charge in [0.1, 0.15) is 0 Å². The highest BCUT2D eigenvalue weighted by atomic mass is 16.1. The molecule has 0 atom stereocenters. The molecule has 0 bridgehead atoms. The molecule has 5 heteroatoms. The summed E-state index contributed by atoms with van der Waals surface area (Å²) in [5, 5.41) is 7.31. The van der Waals surface area contributed by atoms with E-state index >= 15 is 0 Å². The molecule has 1 aliphatic carbocycles. The Morgan fingerprint density at radius 2 is 1.86 bits per heavy atom. The molecule has 2 aliphatic rings. The predicted molar refractivity (Wildman–Crippen MR) is 115 cm³/mol. The molecule has 0 radical (unpaired) electrons. The highest BCUT2D eigenvalue weighted by Crippen LogP contribution is 2.28. The van der Waals surface area contributed by atoms with Crippen molar-refractivity contribution in [2.24, 2.45) is 0 Å². The van der Waals surface area contributed by atoms with Crippen LogP contribution in [-0.4, -0.2) is 39.7 Å². The minimum absolute atomic E-state index is 0.0938. The van der Waals surface area contributed by atoms with Crippen LogP contribution in [0.2, 0.25) is 0 Å². The Morgan fingerprint density at radius 1 is 1.00 bits per heavy atom. The van der Waals surface area contributed by atoms with Gasteiger partial charge in [0.25, 0.3) is 5.91 Å². The van der Waals surface area contributed by atoms with Crippen LogP contribution in [0.25, 0.3) is 5.69 Å². The number of fused-ring (bicyclic) bond motifs is 1. The van der Waals surface area contributed by atoms with Gasteiger partial charge in [0.05, 0.1) is 5.69 Å². The van der Waals surface area contributed by atoms with Gasteiger partial charge in [0, 0.05) is 42.8 Å². The van der Waals surface area contributed by atoms with E-state index in [1.165, 1.54) is 30.4 Å². The van der Waals surface area contributed by atoms with E-state index in [1.807, 2.05) is 42.6 Å². The van der Waals surface area contributed by atoms with Crippen LogP contribution >= 0.6 is 0 Å². The molecule has 0 unspecified atom stereocenters. The van der Waals surface area contributed by atoms with Gasteiger partial charge in [-0.25, -0.2) is 4.68 Å². The van der Waals surface area contributed by atoms with Crippen LogP contribution in [0.5, 0.6) is 0 Å². The van der Waals surface area contributed by atoms with Gasteiger partial charge in [-0.05, 0) is 73.2 Å². The van der Waals surface area contributed by atoms with Gasteiger partial charge in [-0.2, -0.15) is 5.10 Å². The second kappa shape index (κ2) is 7.84. The molecule has 1 amide bonds. The van der Waals surface area contributed by atoms with Crippen molar-refractivity contribution in [1.29, 1.82) is 0 Å². The quantitative estimate of drug-likeness (QED) is 0.735. The van der Waals surface area contributed by atoms with E-state index in [1.54, 1.807) is 10.9 Å². The topological polar surface area (TPSA) is 50.2 Å². The van der Waals surface area contributed by atoms with Crippen LogP contribution in [0.3, 0.4) is 0 Å². The molecule has 3 aromatic rings. The summed E-state index contributed by atoms with van der Waals surface area (Å²) in [6, 6.07) is 16.6. The third-order valence-electron chi connectivity index (χ3n) is 6.27. The SMILES string of the molecule is O=C(Nc1ccc2c(c1)CCN(C1CCC1)CC2)c1cccc(-n2cccn2)c1. The molecule has 29 heavy (non-hydrogen) atoms. The van der Waals surface area contributed by atoms with E-state index < -0.39 is 0 Å². The van der Waals surface area contributed by atoms with Gasteiger partial charge in [0.15, 0.2) is 0 Å². The van der Waals surface area contributed by atoms with E-state index in [9.17, 15) is 4.79 Å². The van der Waals surface area contributed by atoms with E-state index in [0.29, 0.717) is 5.56 Å². The van der Waals surface area contributed by atoms with Crippen molar-refractivity contribution in [3.8, 4) is 5.69 Å². The third-order valence-corrected chi connectivity index (χ3v) is 6.27. The molecule has 2 heterocycles. The Hall–Kier alpha value is -2.92. The van der Waals surface area contributed by atoms with Crippen LogP contribution < -0.4 is 5.32 Å². The van der Waals surface area contributed by atoms with E-state index in [0.717, 1.165) is 43.3 Å². The standard InChI is InChI=1S/C24H26N4O/c29-24(20-4-1-7-23(17-20)28-13-3-12-25-28)26-21-9-8-18-10-14-27(22-5-2-6-22)15-11-19(18)16-21/h1,3-4,7-9,12-13,16-17,22H,2,5-6,10-11,14-15H2,(H,26,29). The first-order chi connectivity index (χ1) is 14.3. The second-order valence-electron chi connectivity index (χ2n) is 8.06. The summed E-state index contributed by atoms with van der Waals surface area (Å²) in [4.78, 5) is 15.5. The maximum Gasteiger partial charge on any atom is 0.255 e. The van der Waals surface area contributed by atoms with Gasteiger partial charge in [-0.3, -0.25) is 9.69 Å². The predicted octanol–water partition coefficient (Wildman–Crippen LogP) is 4.08. The summed E-state index contributed by atoms with van der Waals surface area (Å²) in [6.07, 6.45) is 9.86. The zero-order chi connectivity index (χ0) is 19.6. The number of amides is 1. The fraction of sp³-hybridized carbons (Fsp3) is 0.333. The van der Waals surface area contributed by atoms with Crippen molar-refractivity contribution in [3.05, 3.63) is 77.6 Å². The normalized spacial score (nSPS) is 17.2. The summed E-state index contributed by atoms with van der Waals surface area (Å²) in [5.74, 6) is -0.0938. The fourth-order valence-corrected chi connectivity index (χ4v) is 4.35. The maximum atomic E-state index is 12.8. The third kappa shape index (κ3) is 3.83. The molecule has 2 aromatic carbocycles. The van der Waals surface area contributed by atoms with Crippen LogP contribution in [0, 0.1) is 0 Å². The minimum atomic E-state index is -0.0938. The lowest BCUT2D eigenvalue weighted by molar-refractivity contribution is 0.102. The number of hydrogen-bond donors (Lipinski definition) is 1. The number of carbonyl (C=O) groups excluding carboxylic acids is 1. The molecule has 1 fully saturated rings. The highest BCUT2D eigenvalue weighted by molar-refractivity contribution is 6.04. The van der Waals surface area contributed by atoms with E-state index in [2.05, 4.69) is 27.4 Å². The molecule has 1 aliphatic heterocycles. The zero-order valence-corrected chi connectivity index (χ0v) is 16.6. The van der Waals surface area contributed by atoms with Crippen LogP contribution in [0.1, 0.15) is 40.7 Å². The van der Waals surface area contributed by atoms with Crippen molar-refractivity contribution in [2.75, 3.05) is 18.4 Å². The molecule has 1 N–H and O–H groups in total. The Labute approximate surface area is 171 Å². The average molecular weight is 386 g/mol. The Kier molecular flexibility index (Phi) is 4.90. The van der Waals surface area contributed by atoms with E-state index in [-0.39, 0.29) is 5.91 Å². The number of benzene rings is 2. The lowest BCUT2D eigenvalue weighted by Crippen LogP contribution is -2.41. The lowest BCUT2D eigenvalue weighted by Gasteiger charge is -2.36. The summed E-state index contributed by atoms with van der Waals surface area (Å²) in [6.45, 7) is 2.28. The minimum Gasteiger partial charge on any atom is -0.322 e. The van der Waals surface area contributed by atoms with Crippen LogP contribution in [0.15, 0.2) is 60.9 Å². The smallest absolute Gasteiger partial charge is 0.255 e. The van der Waals surface area contributed by atoms with Gasteiger partial charge in [0.2, 0.25) is 0 Å². The first kappa shape index (κ1) is 18.1. The molecule has 0 spiro atoms. The fourth-order valence-electron chi connectivity index (χ4n) is 4.35. The number of hydrogen-bond acceptors (Lipinski definition) is 3. The Balaban J connectivity index is 1.30. The summed E-state index contributed by atoms with van der Waals surface area (Å²) in [5.41, 5.74) is 5.17. The van der Waals surface area contributed by atoms with E-state index in [4.69, 9.17) is 0 Å². The van der Waals surface area contributed by atoms with Crippen molar-refractivity contribution in [1.82, 2.24) is 14.7 Å². The van der Waals surface area contributed by atoms with Gasteiger partial charge < -0.3 is 5.32 Å². The van der Waals surface area contributed by atoms with Gasteiger partial charge >= 0.3 is 0 Å². The van der Waals surface area contributed by atoms with Crippen LogP contribution in [-0.2, 0) is 12.8 Å². The Bertz CT molecular complexity index is 1010. The van der Waals surface area contributed by atoms with Crippen molar-refractivity contribution >= 4 is 11.6 Å². The molecule has 1 aromatic heterocycles. The summed E-state index contributed by atoms with van der Waals surface area (Å²) in [7, 11) is 0. The average Bonchev–Trinajstić information content (AvgIpc) is 3.17. The Morgan fingerprint density at radius 3 is 2.62 bits per heavy atom. The van der Waals surface area contributed by atoms with Crippen molar-refractivity contribution < 1.29 is 4.79 Å². The molecular weight excluding hydrogens is 360 g/mol. The number of nitrogens with one attached hydrogen (secondary N) is 1. The number of rotatable bonds is 4. The first-order valence-electron chi connectivity index (χ1n) is 10.5. The summed E-state index contributed by atoms with van der Waals surface area (Å²) >= 11 is 0. The number of carbonyl (C=O) groups is 1. The summed E-state index contributed by atoms with van der Waals surface area (Å²) < 4.78 is 1.76. The molecule has 148 valence electrons. The largest absolute Gasteiger partial charge is 0.322 e. The molecule has 5 nitrogen and oxygen atoms in total. The first-order valence-corrected chi connectivity index (χ1v) is 10.5. The number of aromatic nitrogens is 2. The van der Waals surface area contributed by atoms with Gasteiger partial charge in [-0.15, -0.1) is 0 Å². The lowest BCUT2D eigenvalue weighted by atomic mass is 9.91. The van der Waals surface area contributed by atoms with Crippen LogP contribution in [0.4, 0.5) is 5.69 Å².